The van der Waals surface area contributed by atoms with Crippen molar-refractivity contribution in [3.05, 3.63) is 70.2 Å². The van der Waals surface area contributed by atoms with Crippen LogP contribution in [0, 0.1) is 0 Å². The normalized spacial score (nSPS) is 14.2. The summed E-state index contributed by atoms with van der Waals surface area (Å²) in [4.78, 5) is 27.0. The number of rotatable bonds is 7. The van der Waals surface area contributed by atoms with E-state index in [2.05, 4.69) is 27.6 Å². The van der Waals surface area contributed by atoms with Crippen molar-refractivity contribution in [2.45, 2.75) is 31.6 Å². The molecule has 0 saturated carbocycles. The molecule has 7 nitrogen and oxygen atoms in total. The first kappa shape index (κ1) is 22.0. The van der Waals surface area contributed by atoms with Crippen LogP contribution in [-0.2, 0) is 11.2 Å². The molecule has 1 N–H and O–H groups in total. The third-order valence-corrected chi connectivity index (χ3v) is 6.73. The number of anilines is 1. The first-order chi connectivity index (χ1) is 15.6. The molecule has 4 rings (SSSR count). The van der Waals surface area contributed by atoms with Gasteiger partial charge >= 0.3 is 0 Å². The van der Waals surface area contributed by atoms with E-state index in [0.717, 1.165) is 30.0 Å². The first-order valence-electron chi connectivity index (χ1n) is 10.7. The summed E-state index contributed by atoms with van der Waals surface area (Å²) in [6.45, 7) is 1.43. The molecule has 2 aromatic carbocycles. The van der Waals surface area contributed by atoms with Crippen LogP contribution >= 0.6 is 11.3 Å². The number of aromatic nitrogens is 2. The molecule has 0 spiro atoms. The average Bonchev–Trinajstić information content (AvgIpc) is 3.34. The lowest BCUT2D eigenvalue weighted by molar-refractivity contribution is -0.132. The van der Waals surface area contributed by atoms with Crippen LogP contribution in [0.25, 0.3) is 0 Å². The maximum absolute atomic E-state index is 12.6. The zero-order valence-electron chi connectivity index (χ0n) is 18.0. The quantitative estimate of drug-likeness (QED) is 0.585. The number of likely N-dealkylation sites (tertiary alicyclic amines) is 1. The number of ether oxygens (including phenoxy) is 1. The van der Waals surface area contributed by atoms with Crippen LogP contribution in [-0.4, -0.2) is 47.1 Å². The SMILES string of the molecule is COc1ccc(NC(=O)c2nnc(C3CCN(C(=O)CCc4ccccc4)CC3)s2)cc1. The Morgan fingerprint density at radius 1 is 1.06 bits per heavy atom. The molecule has 2 amide bonds. The molecule has 0 bridgehead atoms. The molecule has 0 unspecified atom stereocenters. The Morgan fingerprint density at radius 3 is 2.47 bits per heavy atom. The van der Waals surface area contributed by atoms with Gasteiger partial charge in [0.25, 0.3) is 5.91 Å². The van der Waals surface area contributed by atoms with E-state index in [1.807, 2.05) is 23.1 Å². The van der Waals surface area contributed by atoms with Crippen LogP contribution in [0.1, 0.15) is 45.6 Å². The molecule has 32 heavy (non-hydrogen) atoms. The maximum Gasteiger partial charge on any atom is 0.286 e. The fourth-order valence-corrected chi connectivity index (χ4v) is 4.69. The summed E-state index contributed by atoms with van der Waals surface area (Å²) in [5.41, 5.74) is 1.86. The van der Waals surface area contributed by atoms with Gasteiger partial charge in [-0.3, -0.25) is 9.59 Å². The van der Waals surface area contributed by atoms with Crippen molar-refractivity contribution in [3.8, 4) is 5.75 Å². The second-order valence-electron chi connectivity index (χ2n) is 7.77. The lowest BCUT2D eigenvalue weighted by Crippen LogP contribution is -2.38. The highest BCUT2D eigenvalue weighted by atomic mass is 32.1. The largest absolute Gasteiger partial charge is 0.497 e. The Kier molecular flexibility index (Phi) is 7.11. The highest BCUT2D eigenvalue weighted by molar-refractivity contribution is 7.13. The van der Waals surface area contributed by atoms with Gasteiger partial charge in [-0.15, -0.1) is 10.2 Å². The minimum Gasteiger partial charge on any atom is -0.497 e. The van der Waals surface area contributed by atoms with Gasteiger partial charge in [-0.05, 0) is 49.1 Å². The summed E-state index contributed by atoms with van der Waals surface area (Å²) in [5.74, 6) is 0.885. The highest BCUT2D eigenvalue weighted by Crippen LogP contribution is 2.30. The molecule has 8 heteroatoms. The number of nitrogens with zero attached hydrogens (tertiary/aromatic N) is 3. The topological polar surface area (TPSA) is 84.4 Å². The number of hydrogen-bond donors (Lipinski definition) is 1. The maximum atomic E-state index is 12.6. The predicted octanol–water partition coefficient (Wildman–Crippen LogP) is 4.14. The summed E-state index contributed by atoms with van der Waals surface area (Å²) >= 11 is 1.33. The minimum absolute atomic E-state index is 0.198. The molecule has 0 radical (unpaired) electrons. The van der Waals surface area contributed by atoms with Crippen molar-refractivity contribution in [2.75, 3.05) is 25.5 Å². The number of carbonyl (C=O) groups is 2. The van der Waals surface area contributed by atoms with Crippen molar-refractivity contribution in [1.29, 1.82) is 0 Å². The third-order valence-electron chi connectivity index (χ3n) is 5.65. The fourth-order valence-electron chi connectivity index (χ4n) is 3.78. The summed E-state index contributed by atoms with van der Waals surface area (Å²) in [5, 5.41) is 12.4. The predicted molar refractivity (Wildman–Crippen MR) is 124 cm³/mol. The van der Waals surface area contributed by atoms with Gasteiger partial charge in [0.05, 0.1) is 7.11 Å². The Labute approximate surface area is 191 Å². The standard InChI is InChI=1S/C24H26N4O3S/c1-31-20-10-8-19(9-11-20)25-22(30)24-27-26-23(32-24)18-13-15-28(16-14-18)21(29)12-7-17-5-3-2-4-6-17/h2-6,8-11,18H,7,12-16H2,1H3,(H,25,30). The molecule has 0 atom stereocenters. The number of carbonyl (C=O) groups excluding carboxylic acids is 2. The van der Waals surface area contributed by atoms with Crippen LogP contribution in [0.15, 0.2) is 54.6 Å². The second kappa shape index (κ2) is 10.4. The molecule has 2 heterocycles. The Morgan fingerprint density at radius 2 is 1.78 bits per heavy atom. The van der Waals surface area contributed by atoms with E-state index in [9.17, 15) is 9.59 Å². The summed E-state index contributed by atoms with van der Waals surface area (Å²) < 4.78 is 5.13. The van der Waals surface area contributed by atoms with Crippen molar-refractivity contribution < 1.29 is 14.3 Å². The molecule has 1 aliphatic rings. The number of amides is 2. The Bertz CT molecular complexity index is 1040. The zero-order chi connectivity index (χ0) is 22.3. The van der Waals surface area contributed by atoms with Crippen LogP contribution in [0.4, 0.5) is 5.69 Å². The molecule has 1 aliphatic heterocycles. The summed E-state index contributed by atoms with van der Waals surface area (Å²) in [6, 6.07) is 17.2. The number of nitrogens with one attached hydrogen (secondary N) is 1. The number of benzene rings is 2. The molecular formula is C24H26N4O3S. The van der Waals surface area contributed by atoms with Gasteiger partial charge < -0.3 is 15.0 Å². The van der Waals surface area contributed by atoms with Crippen molar-refractivity contribution >= 4 is 28.8 Å². The van der Waals surface area contributed by atoms with Crippen LogP contribution < -0.4 is 10.1 Å². The summed E-state index contributed by atoms with van der Waals surface area (Å²) in [6.07, 6.45) is 2.98. The molecule has 3 aromatic rings. The Balaban J connectivity index is 1.26. The van der Waals surface area contributed by atoms with Crippen LogP contribution in [0.3, 0.4) is 0 Å². The molecule has 1 saturated heterocycles. The van der Waals surface area contributed by atoms with Gasteiger partial charge in [-0.1, -0.05) is 41.7 Å². The van der Waals surface area contributed by atoms with E-state index in [1.54, 1.807) is 31.4 Å². The fraction of sp³-hybridized carbons (Fsp3) is 0.333. The molecule has 0 aliphatic carbocycles. The molecule has 1 aromatic heterocycles. The van der Waals surface area contributed by atoms with E-state index >= 15 is 0 Å². The van der Waals surface area contributed by atoms with Gasteiger partial charge in [0.1, 0.15) is 10.8 Å². The van der Waals surface area contributed by atoms with Gasteiger partial charge in [-0.25, -0.2) is 0 Å². The molecule has 166 valence electrons. The molecule has 1 fully saturated rings. The van der Waals surface area contributed by atoms with Crippen molar-refractivity contribution in [1.82, 2.24) is 15.1 Å². The van der Waals surface area contributed by atoms with E-state index in [-0.39, 0.29) is 17.7 Å². The lowest BCUT2D eigenvalue weighted by Gasteiger charge is -2.31. The third kappa shape index (κ3) is 5.50. The second-order valence-corrected chi connectivity index (χ2v) is 8.78. The van der Waals surface area contributed by atoms with Gasteiger partial charge in [0.2, 0.25) is 10.9 Å². The zero-order valence-corrected chi connectivity index (χ0v) is 18.8. The van der Waals surface area contributed by atoms with Gasteiger partial charge in [-0.2, -0.15) is 0 Å². The average molecular weight is 451 g/mol. The van der Waals surface area contributed by atoms with Crippen LogP contribution in [0.5, 0.6) is 5.75 Å². The highest BCUT2D eigenvalue weighted by Gasteiger charge is 2.27. The number of piperidine rings is 1. The summed E-state index contributed by atoms with van der Waals surface area (Å²) in [7, 11) is 1.60. The van der Waals surface area contributed by atoms with E-state index in [4.69, 9.17) is 4.74 Å². The van der Waals surface area contributed by atoms with Gasteiger partial charge in [0.15, 0.2) is 0 Å². The monoisotopic (exact) mass is 450 g/mol. The first-order valence-corrected chi connectivity index (χ1v) is 11.5. The Hall–Kier alpha value is -3.26. The minimum atomic E-state index is -0.271. The van der Waals surface area contributed by atoms with E-state index in [0.29, 0.717) is 30.2 Å². The number of hydrogen-bond acceptors (Lipinski definition) is 6. The smallest absolute Gasteiger partial charge is 0.286 e. The van der Waals surface area contributed by atoms with Crippen LogP contribution in [0.2, 0.25) is 0 Å². The number of methoxy groups -OCH3 is 1. The van der Waals surface area contributed by atoms with E-state index < -0.39 is 0 Å². The molecular weight excluding hydrogens is 424 g/mol. The number of aryl methyl sites for hydroxylation is 1. The van der Waals surface area contributed by atoms with Crippen molar-refractivity contribution in [3.63, 3.8) is 0 Å². The van der Waals surface area contributed by atoms with Gasteiger partial charge in [0, 0.05) is 31.1 Å². The van der Waals surface area contributed by atoms with Crippen molar-refractivity contribution in [2.24, 2.45) is 0 Å². The lowest BCUT2D eigenvalue weighted by atomic mass is 9.97. The van der Waals surface area contributed by atoms with E-state index in [1.165, 1.54) is 16.9 Å².